The zero-order valence-corrected chi connectivity index (χ0v) is 9.69. The van der Waals surface area contributed by atoms with Gasteiger partial charge < -0.3 is 4.74 Å². The van der Waals surface area contributed by atoms with E-state index in [4.69, 9.17) is 4.74 Å². The number of rotatable bonds is 6. The molecule has 0 aliphatic heterocycles. The molecule has 1 fully saturated rings. The van der Waals surface area contributed by atoms with Crippen LogP contribution in [0.1, 0.15) is 37.4 Å². The molecule has 2 nitrogen and oxygen atoms in total. The molecule has 1 aliphatic rings. The van der Waals surface area contributed by atoms with Gasteiger partial charge >= 0.3 is 0 Å². The topological polar surface area (TPSA) is 26.3 Å². The maximum Gasteiger partial charge on any atom is 0.166 e. The summed E-state index contributed by atoms with van der Waals surface area (Å²) >= 11 is 0. The molecule has 0 heterocycles. The van der Waals surface area contributed by atoms with Gasteiger partial charge in [-0.2, -0.15) is 0 Å². The summed E-state index contributed by atoms with van der Waals surface area (Å²) in [7, 11) is 1.60. The van der Waals surface area contributed by atoms with Crippen molar-refractivity contribution in [1.82, 2.24) is 0 Å². The highest BCUT2D eigenvalue weighted by molar-refractivity contribution is 5.84. The number of ether oxygens (including phenoxy) is 1. The third kappa shape index (κ3) is 2.92. The Hall–Kier alpha value is -1.15. The van der Waals surface area contributed by atoms with Crippen molar-refractivity contribution < 1.29 is 9.53 Å². The second-order valence-corrected chi connectivity index (χ2v) is 4.47. The van der Waals surface area contributed by atoms with Crippen molar-refractivity contribution >= 4 is 5.78 Å². The lowest BCUT2D eigenvalue weighted by Crippen LogP contribution is -2.14. The molecule has 1 aromatic rings. The highest BCUT2D eigenvalue weighted by atomic mass is 16.5. The minimum atomic E-state index is -0.375. The predicted octanol–water partition coefficient (Wildman–Crippen LogP) is 3.13. The number of hydrogen-bond donors (Lipinski definition) is 0. The van der Waals surface area contributed by atoms with E-state index in [1.165, 1.54) is 12.8 Å². The second-order valence-electron chi connectivity index (χ2n) is 4.47. The summed E-state index contributed by atoms with van der Waals surface area (Å²) in [6.07, 6.45) is 3.91. The lowest BCUT2D eigenvalue weighted by atomic mass is 10.0. The van der Waals surface area contributed by atoms with E-state index < -0.39 is 0 Å². The van der Waals surface area contributed by atoms with Gasteiger partial charge in [-0.05, 0) is 17.9 Å². The predicted molar refractivity (Wildman–Crippen MR) is 63.2 cm³/mol. The van der Waals surface area contributed by atoms with E-state index in [1.807, 2.05) is 30.3 Å². The summed E-state index contributed by atoms with van der Waals surface area (Å²) in [5.41, 5.74) is 0.964. The van der Waals surface area contributed by atoms with Gasteiger partial charge in [-0.25, -0.2) is 0 Å². The van der Waals surface area contributed by atoms with Gasteiger partial charge in [0.05, 0.1) is 0 Å². The van der Waals surface area contributed by atoms with Crippen LogP contribution in [0, 0.1) is 5.92 Å². The van der Waals surface area contributed by atoms with Crippen molar-refractivity contribution in [3.05, 3.63) is 35.9 Å². The normalized spacial score (nSPS) is 17.1. The molecule has 1 aliphatic carbocycles. The molecule has 1 atom stereocenters. The Balaban J connectivity index is 1.95. The molecule has 16 heavy (non-hydrogen) atoms. The number of benzene rings is 1. The first-order valence-electron chi connectivity index (χ1n) is 5.91. The zero-order chi connectivity index (χ0) is 11.4. The van der Waals surface area contributed by atoms with Crippen LogP contribution in [0.4, 0.5) is 0 Å². The fourth-order valence-electron chi connectivity index (χ4n) is 1.97. The van der Waals surface area contributed by atoms with Crippen LogP contribution in [0.5, 0.6) is 0 Å². The summed E-state index contributed by atoms with van der Waals surface area (Å²) in [6, 6.07) is 9.72. The Morgan fingerprint density at radius 2 is 2.06 bits per heavy atom. The third-order valence-corrected chi connectivity index (χ3v) is 3.13. The van der Waals surface area contributed by atoms with Crippen molar-refractivity contribution in [3.8, 4) is 0 Å². The fraction of sp³-hybridized carbons (Fsp3) is 0.500. The van der Waals surface area contributed by atoms with Crippen LogP contribution in [-0.2, 0) is 9.53 Å². The highest BCUT2D eigenvalue weighted by Gasteiger charge is 2.25. The van der Waals surface area contributed by atoms with Gasteiger partial charge in [0, 0.05) is 13.5 Å². The largest absolute Gasteiger partial charge is 0.369 e. The highest BCUT2D eigenvalue weighted by Crippen LogP contribution is 2.34. The molecule has 0 N–H and O–H groups in total. The number of Topliss-reactive ketones (excluding diaryl/α,β-unsaturated/α-hetero) is 1. The maximum atomic E-state index is 12.0. The van der Waals surface area contributed by atoms with Crippen LogP contribution < -0.4 is 0 Å². The summed E-state index contributed by atoms with van der Waals surface area (Å²) < 4.78 is 5.30. The molecular formula is C14H18O2. The number of carbonyl (C=O) groups excluding carboxylic acids is 1. The van der Waals surface area contributed by atoms with E-state index in [9.17, 15) is 4.79 Å². The summed E-state index contributed by atoms with van der Waals surface area (Å²) in [6.45, 7) is 0. The average molecular weight is 218 g/mol. The van der Waals surface area contributed by atoms with Gasteiger partial charge in [0.25, 0.3) is 0 Å². The van der Waals surface area contributed by atoms with E-state index in [2.05, 4.69) is 0 Å². The van der Waals surface area contributed by atoms with Crippen LogP contribution in [0.15, 0.2) is 30.3 Å². The molecular weight excluding hydrogens is 200 g/mol. The number of carbonyl (C=O) groups is 1. The van der Waals surface area contributed by atoms with E-state index in [0.29, 0.717) is 6.42 Å². The minimum absolute atomic E-state index is 0.209. The minimum Gasteiger partial charge on any atom is -0.369 e. The lowest BCUT2D eigenvalue weighted by molar-refractivity contribution is -0.129. The molecule has 0 saturated heterocycles. The van der Waals surface area contributed by atoms with Gasteiger partial charge in [0.2, 0.25) is 0 Å². The van der Waals surface area contributed by atoms with Gasteiger partial charge in [0.1, 0.15) is 6.10 Å². The van der Waals surface area contributed by atoms with Crippen LogP contribution in [-0.4, -0.2) is 12.9 Å². The average Bonchev–Trinajstić information content (AvgIpc) is 3.13. The smallest absolute Gasteiger partial charge is 0.166 e. The second kappa shape index (κ2) is 5.26. The zero-order valence-electron chi connectivity index (χ0n) is 9.69. The van der Waals surface area contributed by atoms with Gasteiger partial charge in [-0.3, -0.25) is 4.79 Å². The van der Waals surface area contributed by atoms with Gasteiger partial charge in [-0.1, -0.05) is 43.2 Å². The molecule has 86 valence electrons. The van der Waals surface area contributed by atoms with E-state index in [0.717, 1.165) is 17.9 Å². The molecule has 0 amide bonds. The Morgan fingerprint density at radius 1 is 1.38 bits per heavy atom. The number of hydrogen-bond acceptors (Lipinski definition) is 2. The van der Waals surface area contributed by atoms with Crippen molar-refractivity contribution in [2.24, 2.45) is 5.92 Å². The van der Waals surface area contributed by atoms with Crippen molar-refractivity contribution in [3.63, 3.8) is 0 Å². The van der Waals surface area contributed by atoms with Crippen LogP contribution in [0.3, 0.4) is 0 Å². The fourth-order valence-corrected chi connectivity index (χ4v) is 1.97. The van der Waals surface area contributed by atoms with Crippen molar-refractivity contribution in [1.29, 1.82) is 0 Å². The van der Waals surface area contributed by atoms with E-state index >= 15 is 0 Å². The molecule has 0 spiro atoms. The molecule has 1 unspecified atom stereocenters. The maximum absolute atomic E-state index is 12.0. The molecule has 1 aromatic carbocycles. The Kier molecular flexibility index (Phi) is 3.73. The lowest BCUT2D eigenvalue weighted by Gasteiger charge is -2.14. The quantitative estimate of drug-likeness (QED) is 0.733. The summed E-state index contributed by atoms with van der Waals surface area (Å²) in [5, 5.41) is 0. The Morgan fingerprint density at radius 3 is 2.62 bits per heavy atom. The number of ketones is 1. The molecule has 0 bridgehead atoms. The SMILES string of the molecule is COC(C(=O)CCC1CC1)c1ccccc1. The van der Waals surface area contributed by atoms with Gasteiger partial charge in [-0.15, -0.1) is 0 Å². The molecule has 2 rings (SSSR count). The monoisotopic (exact) mass is 218 g/mol. The summed E-state index contributed by atoms with van der Waals surface area (Å²) in [4.78, 5) is 12.0. The first-order valence-corrected chi connectivity index (χ1v) is 5.91. The third-order valence-electron chi connectivity index (χ3n) is 3.13. The standard InChI is InChI=1S/C14H18O2/c1-16-14(12-5-3-2-4-6-12)13(15)10-9-11-7-8-11/h2-6,11,14H,7-10H2,1H3. The number of methoxy groups -OCH3 is 1. The van der Waals surface area contributed by atoms with Crippen LogP contribution in [0.2, 0.25) is 0 Å². The van der Waals surface area contributed by atoms with Crippen molar-refractivity contribution in [2.45, 2.75) is 31.8 Å². The molecule has 0 aromatic heterocycles. The van der Waals surface area contributed by atoms with E-state index in [1.54, 1.807) is 7.11 Å². The van der Waals surface area contributed by atoms with Gasteiger partial charge in [0.15, 0.2) is 5.78 Å². The summed E-state index contributed by atoms with van der Waals surface area (Å²) in [5.74, 6) is 1.01. The van der Waals surface area contributed by atoms with Crippen molar-refractivity contribution in [2.75, 3.05) is 7.11 Å². The molecule has 2 heteroatoms. The first-order chi connectivity index (χ1) is 7.81. The van der Waals surface area contributed by atoms with Crippen LogP contribution in [0.25, 0.3) is 0 Å². The first kappa shape index (κ1) is 11.3. The van der Waals surface area contributed by atoms with Crippen LogP contribution >= 0.6 is 0 Å². The molecule has 0 radical (unpaired) electrons. The van der Waals surface area contributed by atoms with E-state index in [-0.39, 0.29) is 11.9 Å². The Labute approximate surface area is 96.6 Å². The Bertz CT molecular complexity index is 341. The molecule has 1 saturated carbocycles.